The summed E-state index contributed by atoms with van der Waals surface area (Å²) in [4.78, 5) is 12.6. The molecule has 5 N–H and O–H groups in total. The molecule has 0 amide bonds. The number of nitrogen functional groups attached to an aromatic ring is 2. The van der Waals surface area contributed by atoms with Crippen molar-refractivity contribution >= 4 is 55.0 Å². The van der Waals surface area contributed by atoms with Crippen LogP contribution < -0.4 is 20.9 Å². The Morgan fingerprint density at radius 3 is 2.66 bits per heavy atom. The first-order valence-electron chi connectivity index (χ1n) is 11.5. The zero-order chi connectivity index (χ0) is 24.1. The van der Waals surface area contributed by atoms with E-state index in [0.717, 1.165) is 50.1 Å². The van der Waals surface area contributed by atoms with Crippen LogP contribution >= 0.6 is 0 Å². The van der Waals surface area contributed by atoms with Crippen LogP contribution in [-0.4, -0.2) is 28.7 Å². The van der Waals surface area contributed by atoms with Crippen LogP contribution in [0.3, 0.4) is 0 Å². The summed E-state index contributed by atoms with van der Waals surface area (Å²) in [5.41, 5.74) is 18.0. The molecule has 3 aromatic heterocycles. The van der Waals surface area contributed by atoms with Crippen molar-refractivity contribution in [3.63, 3.8) is 0 Å². The highest BCUT2D eigenvalue weighted by Gasteiger charge is 2.16. The monoisotopic (exact) mass is 463 g/mol. The maximum atomic E-state index is 6.33. The molecular weight excluding hydrogens is 438 g/mol. The normalized spacial score (nSPS) is 11.6. The maximum Gasteiger partial charge on any atom is 0.163 e. The number of nitrogens with two attached hydrogens (primary N) is 2. The van der Waals surface area contributed by atoms with Gasteiger partial charge in [0.1, 0.15) is 5.82 Å². The van der Waals surface area contributed by atoms with Crippen molar-refractivity contribution in [2.45, 2.75) is 13.3 Å². The Hall–Kier alpha value is -4.52. The summed E-state index contributed by atoms with van der Waals surface area (Å²) in [7, 11) is 1.64. The number of benzene rings is 3. The van der Waals surface area contributed by atoms with Crippen molar-refractivity contribution in [2.75, 3.05) is 25.2 Å². The molecule has 3 aromatic carbocycles. The molecule has 0 aliphatic rings. The van der Waals surface area contributed by atoms with Gasteiger partial charge in [0.2, 0.25) is 0 Å². The number of hydrogen-bond donors (Lipinski definition) is 3. The maximum absolute atomic E-state index is 6.33. The molecule has 0 aliphatic carbocycles. The second-order valence-corrected chi connectivity index (χ2v) is 8.70. The predicted octanol–water partition coefficient (Wildman–Crippen LogP) is 5.52. The van der Waals surface area contributed by atoms with Gasteiger partial charge in [-0.05, 0) is 36.2 Å². The molecule has 6 rings (SSSR count). The first-order valence-corrected chi connectivity index (χ1v) is 11.5. The smallest absolute Gasteiger partial charge is 0.163 e. The number of para-hydroxylation sites is 1. The lowest BCUT2D eigenvalue weighted by Gasteiger charge is -2.15. The molecular formula is C28H25N5O2. The molecule has 0 bridgehead atoms. The average molecular weight is 464 g/mol. The molecule has 0 aliphatic heterocycles. The van der Waals surface area contributed by atoms with Gasteiger partial charge in [-0.3, -0.25) is 4.98 Å². The van der Waals surface area contributed by atoms with E-state index < -0.39 is 0 Å². The number of nitrogens with zero attached hydrogens (tertiary/aromatic N) is 2. The molecule has 0 fully saturated rings. The molecule has 0 saturated heterocycles. The minimum Gasteiger partial charge on any atom is -0.493 e. The number of aromatic amines is 1. The fourth-order valence-electron chi connectivity index (χ4n) is 4.81. The van der Waals surface area contributed by atoms with Crippen LogP contribution in [0.15, 0.2) is 60.9 Å². The number of rotatable bonds is 5. The Bertz CT molecular complexity index is 1760. The quantitative estimate of drug-likeness (QED) is 0.229. The Morgan fingerprint density at radius 2 is 1.80 bits per heavy atom. The van der Waals surface area contributed by atoms with Crippen molar-refractivity contribution in [1.82, 2.24) is 15.0 Å². The van der Waals surface area contributed by atoms with Gasteiger partial charge < -0.3 is 25.9 Å². The number of aryl methyl sites for hydroxylation is 1. The summed E-state index contributed by atoms with van der Waals surface area (Å²) in [6.07, 6.45) is 4.58. The fourth-order valence-corrected chi connectivity index (χ4v) is 4.81. The van der Waals surface area contributed by atoms with Gasteiger partial charge in [0.05, 0.1) is 24.8 Å². The molecule has 0 saturated carbocycles. The summed E-state index contributed by atoms with van der Waals surface area (Å²) in [6, 6.07) is 16.1. The highest BCUT2D eigenvalue weighted by atomic mass is 16.5. The molecule has 174 valence electrons. The second kappa shape index (κ2) is 8.06. The zero-order valence-corrected chi connectivity index (χ0v) is 19.6. The van der Waals surface area contributed by atoms with Gasteiger partial charge in [-0.1, -0.05) is 24.3 Å². The number of fused-ring (bicyclic) bond motifs is 6. The first-order chi connectivity index (χ1) is 17.0. The Morgan fingerprint density at radius 1 is 0.943 bits per heavy atom. The third-order valence-electron chi connectivity index (χ3n) is 6.71. The number of nitrogens with one attached hydrogen (secondary N) is 1. The molecule has 7 nitrogen and oxygen atoms in total. The van der Waals surface area contributed by atoms with Crippen LogP contribution in [0, 0.1) is 6.92 Å². The van der Waals surface area contributed by atoms with Gasteiger partial charge in [-0.15, -0.1) is 0 Å². The Balaban J connectivity index is 1.43. The first kappa shape index (κ1) is 21.0. The lowest BCUT2D eigenvalue weighted by Crippen LogP contribution is -2.03. The molecule has 35 heavy (non-hydrogen) atoms. The Kier molecular flexibility index (Phi) is 4.84. The van der Waals surface area contributed by atoms with Gasteiger partial charge in [-0.25, -0.2) is 4.98 Å². The standard InChI is InChI=1S/C28H25N5O2/c1-15-21(29)8-7-18-26-19-11-24(34-2)25(12-23(19)32-14-20(26)28(30)33-27(15)18)35-10-9-16-13-31-22-6-4-3-5-17(16)22/h3-8,11-14,31H,9-10,29H2,1-2H3,(H2,30,33). The van der Waals surface area contributed by atoms with Crippen LogP contribution in [-0.2, 0) is 6.42 Å². The summed E-state index contributed by atoms with van der Waals surface area (Å²) in [6.45, 7) is 2.47. The predicted molar refractivity (Wildman–Crippen MR) is 142 cm³/mol. The molecule has 6 aromatic rings. The molecule has 0 atom stereocenters. The third-order valence-corrected chi connectivity index (χ3v) is 6.71. The van der Waals surface area contributed by atoms with Crippen LogP contribution in [0.1, 0.15) is 11.1 Å². The summed E-state index contributed by atoms with van der Waals surface area (Å²) in [5, 5.41) is 4.88. The minimum absolute atomic E-state index is 0.425. The highest BCUT2D eigenvalue weighted by Crippen LogP contribution is 2.39. The van der Waals surface area contributed by atoms with Gasteiger partial charge >= 0.3 is 0 Å². The molecule has 0 radical (unpaired) electrons. The fraction of sp³-hybridized carbons (Fsp3) is 0.143. The summed E-state index contributed by atoms with van der Waals surface area (Å²) < 4.78 is 11.9. The second-order valence-electron chi connectivity index (χ2n) is 8.70. The van der Waals surface area contributed by atoms with E-state index >= 15 is 0 Å². The number of pyridine rings is 2. The van der Waals surface area contributed by atoms with E-state index in [0.29, 0.717) is 29.6 Å². The average Bonchev–Trinajstić information content (AvgIpc) is 3.29. The van der Waals surface area contributed by atoms with Gasteiger partial charge in [-0.2, -0.15) is 0 Å². The number of hydrogen-bond acceptors (Lipinski definition) is 6. The third kappa shape index (κ3) is 3.35. The van der Waals surface area contributed by atoms with Crippen molar-refractivity contribution in [1.29, 1.82) is 0 Å². The van der Waals surface area contributed by atoms with Crippen molar-refractivity contribution < 1.29 is 9.47 Å². The van der Waals surface area contributed by atoms with Crippen molar-refractivity contribution in [3.05, 3.63) is 72.1 Å². The summed E-state index contributed by atoms with van der Waals surface area (Å²) in [5.74, 6) is 1.72. The number of ether oxygens (including phenoxy) is 2. The van der Waals surface area contributed by atoms with E-state index in [9.17, 15) is 0 Å². The number of anilines is 2. The highest BCUT2D eigenvalue weighted by molar-refractivity contribution is 6.21. The molecule has 7 heteroatoms. The number of H-pyrrole nitrogens is 1. The Labute approximate surface area is 201 Å². The number of aromatic nitrogens is 3. The lowest BCUT2D eigenvalue weighted by atomic mass is 9.99. The van der Waals surface area contributed by atoms with E-state index in [1.165, 1.54) is 10.9 Å². The van der Waals surface area contributed by atoms with Gasteiger partial charge in [0, 0.05) is 63.0 Å². The van der Waals surface area contributed by atoms with Gasteiger partial charge in [0.25, 0.3) is 0 Å². The van der Waals surface area contributed by atoms with Crippen LogP contribution in [0.4, 0.5) is 11.5 Å². The molecule has 3 heterocycles. The number of methoxy groups -OCH3 is 1. The van der Waals surface area contributed by atoms with Crippen LogP contribution in [0.25, 0.3) is 43.5 Å². The van der Waals surface area contributed by atoms with Crippen molar-refractivity contribution in [3.8, 4) is 11.5 Å². The van der Waals surface area contributed by atoms with E-state index in [-0.39, 0.29) is 0 Å². The van der Waals surface area contributed by atoms with Crippen molar-refractivity contribution in [2.24, 2.45) is 0 Å². The van der Waals surface area contributed by atoms with Gasteiger partial charge in [0.15, 0.2) is 11.5 Å². The summed E-state index contributed by atoms with van der Waals surface area (Å²) >= 11 is 0. The minimum atomic E-state index is 0.425. The van der Waals surface area contributed by atoms with E-state index in [2.05, 4.69) is 27.1 Å². The van der Waals surface area contributed by atoms with E-state index in [1.54, 1.807) is 13.3 Å². The van der Waals surface area contributed by atoms with E-state index in [1.807, 2.05) is 49.5 Å². The van der Waals surface area contributed by atoms with Crippen LogP contribution in [0.2, 0.25) is 0 Å². The topological polar surface area (TPSA) is 112 Å². The van der Waals surface area contributed by atoms with E-state index in [4.69, 9.17) is 20.9 Å². The molecule has 0 spiro atoms. The zero-order valence-electron chi connectivity index (χ0n) is 19.6. The largest absolute Gasteiger partial charge is 0.493 e. The molecule has 0 unspecified atom stereocenters. The lowest BCUT2D eigenvalue weighted by molar-refractivity contribution is 0.298. The van der Waals surface area contributed by atoms with Crippen LogP contribution in [0.5, 0.6) is 11.5 Å². The SMILES string of the molecule is COc1cc2c(cc1OCCc1c[nH]c3ccccc13)ncc1c(N)nc3c(C)c(N)ccc3c12.